The first-order valence-electron chi connectivity index (χ1n) is 9.61. The van der Waals surface area contributed by atoms with Crippen molar-refractivity contribution in [2.24, 2.45) is 0 Å². The van der Waals surface area contributed by atoms with Crippen LogP contribution in [-0.2, 0) is 9.47 Å². The Morgan fingerprint density at radius 2 is 2.00 bits per heavy atom. The van der Waals surface area contributed by atoms with Crippen LogP contribution in [0.25, 0.3) is 21.3 Å². The largest absolute Gasteiger partial charge is 0.490 e. The molecule has 0 bridgehead atoms. The van der Waals surface area contributed by atoms with Crippen molar-refractivity contribution >= 4 is 39.1 Å². The molecule has 7 nitrogen and oxygen atoms in total. The number of carbonyl (C=O) groups is 1. The molecule has 0 fully saturated rings. The van der Waals surface area contributed by atoms with Crippen molar-refractivity contribution in [3.63, 3.8) is 0 Å². The van der Waals surface area contributed by atoms with E-state index in [2.05, 4.69) is 15.5 Å². The Bertz CT molecular complexity index is 1050. The van der Waals surface area contributed by atoms with E-state index in [4.69, 9.17) is 25.8 Å². The summed E-state index contributed by atoms with van der Waals surface area (Å²) in [4.78, 5) is 11.6. The molecule has 0 saturated heterocycles. The number of hydrogen-bond acceptors (Lipinski definition) is 7. The zero-order chi connectivity index (χ0) is 22.4. The van der Waals surface area contributed by atoms with Crippen LogP contribution in [0.5, 0.6) is 5.75 Å². The van der Waals surface area contributed by atoms with Gasteiger partial charge < -0.3 is 19.5 Å². The lowest BCUT2D eigenvalue weighted by Gasteiger charge is -2.19. The van der Waals surface area contributed by atoms with E-state index in [0.29, 0.717) is 28.7 Å². The normalized spacial score (nSPS) is 11.5. The van der Waals surface area contributed by atoms with Crippen molar-refractivity contribution in [2.75, 3.05) is 26.4 Å². The Morgan fingerprint density at radius 3 is 2.77 bits per heavy atom. The van der Waals surface area contributed by atoms with E-state index in [-0.39, 0.29) is 19.8 Å². The Balaban J connectivity index is 1.55. The maximum atomic E-state index is 13.8. The molecule has 0 aliphatic rings. The van der Waals surface area contributed by atoms with Gasteiger partial charge in [-0.2, -0.15) is 0 Å². The van der Waals surface area contributed by atoms with Gasteiger partial charge in [0.25, 0.3) is 0 Å². The standard InChI is InChI=1S/C21H23ClFN3O4S/c1-21(2,3)30-20(27)24-7-8-28-9-10-29-16-12-13(23)4-5-14(16)17-18-15(6-11-31-18)19(22)26-25-17/h4-6,11-12H,7-10H2,1-3H3,(H,24,27). The van der Waals surface area contributed by atoms with Gasteiger partial charge in [0.05, 0.1) is 17.9 Å². The van der Waals surface area contributed by atoms with E-state index in [9.17, 15) is 9.18 Å². The van der Waals surface area contributed by atoms with E-state index in [1.807, 2.05) is 11.4 Å². The molecule has 0 saturated carbocycles. The summed E-state index contributed by atoms with van der Waals surface area (Å²) in [5.41, 5.74) is 0.640. The van der Waals surface area contributed by atoms with Crippen molar-refractivity contribution < 1.29 is 23.4 Å². The van der Waals surface area contributed by atoms with Gasteiger partial charge in [-0.25, -0.2) is 9.18 Å². The number of nitrogens with one attached hydrogen (secondary N) is 1. The number of rotatable bonds is 8. The van der Waals surface area contributed by atoms with Gasteiger partial charge in [-0.3, -0.25) is 0 Å². The van der Waals surface area contributed by atoms with Crippen LogP contribution in [0.1, 0.15) is 20.8 Å². The first-order valence-corrected chi connectivity index (χ1v) is 10.9. The van der Waals surface area contributed by atoms with Crippen molar-refractivity contribution in [1.82, 2.24) is 15.5 Å². The highest BCUT2D eigenvalue weighted by Gasteiger charge is 2.17. The molecule has 3 aromatic rings. The second kappa shape index (κ2) is 10.2. The van der Waals surface area contributed by atoms with Crippen LogP contribution in [0.2, 0.25) is 5.15 Å². The average Bonchev–Trinajstić information content (AvgIpc) is 3.18. The molecule has 166 valence electrons. The third kappa shape index (κ3) is 6.49. The Kier molecular flexibility index (Phi) is 7.64. The fourth-order valence-corrected chi connectivity index (χ4v) is 3.83. The molecule has 31 heavy (non-hydrogen) atoms. The minimum Gasteiger partial charge on any atom is -0.490 e. The zero-order valence-electron chi connectivity index (χ0n) is 17.4. The van der Waals surface area contributed by atoms with Gasteiger partial charge in [-0.15, -0.1) is 21.5 Å². The predicted octanol–water partition coefficient (Wildman–Crippen LogP) is 5.07. The molecule has 1 amide bonds. The minimum absolute atomic E-state index is 0.192. The average molecular weight is 468 g/mol. The number of halogens is 2. The summed E-state index contributed by atoms with van der Waals surface area (Å²) in [5, 5.41) is 13.8. The van der Waals surface area contributed by atoms with Gasteiger partial charge in [-0.05, 0) is 44.4 Å². The molecular weight excluding hydrogens is 445 g/mol. The summed E-state index contributed by atoms with van der Waals surface area (Å²) in [6.07, 6.45) is -0.499. The maximum Gasteiger partial charge on any atom is 0.407 e. The molecule has 0 unspecified atom stereocenters. The molecule has 0 radical (unpaired) electrons. The summed E-state index contributed by atoms with van der Waals surface area (Å²) >= 11 is 7.58. The minimum atomic E-state index is -0.551. The molecule has 1 N–H and O–H groups in total. The van der Waals surface area contributed by atoms with E-state index in [1.165, 1.54) is 23.5 Å². The summed E-state index contributed by atoms with van der Waals surface area (Å²) in [6.45, 7) is 6.42. The number of carbonyl (C=O) groups excluding carboxylic acids is 1. The topological polar surface area (TPSA) is 82.6 Å². The zero-order valence-corrected chi connectivity index (χ0v) is 19.0. The van der Waals surface area contributed by atoms with E-state index in [0.717, 1.165) is 10.1 Å². The van der Waals surface area contributed by atoms with Crippen molar-refractivity contribution in [3.8, 4) is 17.0 Å². The molecular formula is C21H23ClFN3O4S. The lowest BCUT2D eigenvalue weighted by molar-refractivity contribution is 0.0489. The van der Waals surface area contributed by atoms with Crippen molar-refractivity contribution in [1.29, 1.82) is 0 Å². The number of aromatic nitrogens is 2. The van der Waals surface area contributed by atoms with Gasteiger partial charge >= 0.3 is 6.09 Å². The number of benzene rings is 1. The molecule has 0 aliphatic carbocycles. The molecule has 3 rings (SSSR count). The lowest BCUT2D eigenvalue weighted by Crippen LogP contribution is -2.34. The van der Waals surface area contributed by atoms with Crippen LogP contribution in [0.15, 0.2) is 29.6 Å². The highest BCUT2D eigenvalue weighted by molar-refractivity contribution is 7.17. The number of hydrogen-bond donors (Lipinski definition) is 1. The number of thiophene rings is 1. The summed E-state index contributed by atoms with van der Waals surface area (Å²) < 4.78 is 31.0. The Labute approximate surface area is 188 Å². The Morgan fingerprint density at radius 1 is 1.19 bits per heavy atom. The summed E-state index contributed by atoms with van der Waals surface area (Å²) in [5.74, 6) is -0.0904. The van der Waals surface area contributed by atoms with Gasteiger partial charge in [0.2, 0.25) is 0 Å². The number of fused-ring (bicyclic) bond motifs is 1. The molecule has 0 aliphatic heterocycles. The molecule has 2 heterocycles. The first kappa shape index (κ1) is 23.2. The fraction of sp³-hybridized carbons (Fsp3) is 0.381. The van der Waals surface area contributed by atoms with Gasteiger partial charge in [0.15, 0.2) is 5.15 Å². The highest BCUT2D eigenvalue weighted by atomic mass is 35.5. The van der Waals surface area contributed by atoms with Crippen LogP contribution in [-0.4, -0.2) is 48.3 Å². The number of nitrogens with zero attached hydrogens (tertiary/aromatic N) is 2. The van der Waals surface area contributed by atoms with Gasteiger partial charge in [-0.1, -0.05) is 11.6 Å². The van der Waals surface area contributed by atoms with E-state index >= 15 is 0 Å². The quantitative estimate of drug-likeness (QED) is 0.466. The monoisotopic (exact) mass is 467 g/mol. The smallest absolute Gasteiger partial charge is 0.407 e. The first-order chi connectivity index (χ1) is 14.7. The van der Waals surface area contributed by atoms with Crippen LogP contribution in [0, 0.1) is 5.82 Å². The van der Waals surface area contributed by atoms with Gasteiger partial charge in [0, 0.05) is 23.6 Å². The van der Waals surface area contributed by atoms with Crippen LogP contribution in [0.3, 0.4) is 0 Å². The van der Waals surface area contributed by atoms with Crippen LogP contribution in [0.4, 0.5) is 9.18 Å². The molecule has 2 aromatic heterocycles. The molecule has 1 aromatic carbocycles. The third-order valence-corrected chi connectivity index (χ3v) is 5.14. The second-order valence-corrected chi connectivity index (χ2v) is 8.81. The molecule has 0 atom stereocenters. The third-order valence-electron chi connectivity index (χ3n) is 3.94. The highest BCUT2D eigenvalue weighted by Crippen LogP contribution is 2.37. The number of alkyl carbamates (subject to hydrolysis) is 1. The fourth-order valence-electron chi connectivity index (χ4n) is 2.69. The van der Waals surface area contributed by atoms with Crippen molar-refractivity contribution in [2.45, 2.75) is 26.4 Å². The summed E-state index contributed by atoms with van der Waals surface area (Å²) in [7, 11) is 0. The predicted molar refractivity (Wildman–Crippen MR) is 118 cm³/mol. The van der Waals surface area contributed by atoms with E-state index in [1.54, 1.807) is 26.8 Å². The molecule has 10 heteroatoms. The number of amides is 1. The molecule has 0 spiro atoms. The second-order valence-electron chi connectivity index (χ2n) is 7.53. The summed E-state index contributed by atoms with van der Waals surface area (Å²) in [6, 6.07) is 6.11. The van der Waals surface area contributed by atoms with E-state index < -0.39 is 17.5 Å². The SMILES string of the molecule is CC(C)(C)OC(=O)NCCOCCOc1cc(F)ccc1-c1nnc(Cl)c2ccsc12. The van der Waals surface area contributed by atoms with Gasteiger partial charge in [0.1, 0.15) is 29.5 Å². The maximum absolute atomic E-state index is 13.8. The van der Waals surface area contributed by atoms with Crippen molar-refractivity contribution in [3.05, 3.63) is 40.6 Å². The lowest BCUT2D eigenvalue weighted by atomic mass is 10.1. The van der Waals surface area contributed by atoms with Crippen LogP contribution >= 0.6 is 22.9 Å². The van der Waals surface area contributed by atoms with Crippen LogP contribution < -0.4 is 10.1 Å². The Hall–Kier alpha value is -2.49. The number of ether oxygens (including phenoxy) is 3.